The van der Waals surface area contributed by atoms with Crippen LogP contribution in [0, 0.1) is 0 Å². The van der Waals surface area contributed by atoms with Crippen LogP contribution in [-0.2, 0) is 4.79 Å². The summed E-state index contributed by atoms with van der Waals surface area (Å²) in [6, 6.07) is 13.9. The van der Waals surface area contributed by atoms with Gasteiger partial charge in [-0.05, 0) is 43.3 Å². The molecule has 1 amide bonds. The predicted octanol–water partition coefficient (Wildman–Crippen LogP) is 2.68. The van der Waals surface area contributed by atoms with E-state index in [1.54, 1.807) is 24.3 Å². The monoisotopic (exact) mass is 409 g/mol. The average molecular weight is 409 g/mol. The minimum Gasteiger partial charge on any atom is -0.486 e. The zero-order valence-corrected chi connectivity index (χ0v) is 16.3. The highest BCUT2D eigenvalue weighted by atomic mass is 32.2. The van der Waals surface area contributed by atoms with E-state index in [1.165, 1.54) is 0 Å². The van der Waals surface area contributed by atoms with E-state index in [0.717, 1.165) is 22.9 Å². The summed E-state index contributed by atoms with van der Waals surface area (Å²) in [4.78, 5) is 13.9. The van der Waals surface area contributed by atoms with Gasteiger partial charge in [0.15, 0.2) is 24.1 Å². The van der Waals surface area contributed by atoms with Crippen LogP contribution in [0.2, 0.25) is 0 Å². The number of hydrogen-bond donors (Lipinski definition) is 2. The van der Waals surface area contributed by atoms with E-state index in [-0.39, 0.29) is 18.6 Å². The van der Waals surface area contributed by atoms with Gasteiger partial charge in [-0.3, -0.25) is 4.79 Å². The largest absolute Gasteiger partial charge is 0.486 e. The van der Waals surface area contributed by atoms with E-state index in [4.69, 9.17) is 9.47 Å². The highest BCUT2D eigenvalue weighted by molar-refractivity contribution is 7.99. The van der Waals surface area contributed by atoms with E-state index < -0.39 is 5.76 Å². The Morgan fingerprint density at radius 2 is 1.93 bits per heavy atom. The van der Waals surface area contributed by atoms with Crippen LogP contribution in [0.25, 0.3) is 0 Å². The lowest BCUT2D eigenvalue weighted by Gasteiger charge is -2.28. The van der Waals surface area contributed by atoms with Gasteiger partial charge < -0.3 is 19.7 Å². The summed E-state index contributed by atoms with van der Waals surface area (Å²) in [5.74, 6) is -1.13. The summed E-state index contributed by atoms with van der Waals surface area (Å²) in [7, 11) is 0. The van der Waals surface area contributed by atoms with Crippen molar-refractivity contribution in [2.24, 2.45) is 0 Å². The smallest absolute Gasteiger partial charge is 0.288 e. The van der Waals surface area contributed by atoms with Crippen molar-refractivity contribution in [2.45, 2.75) is 23.7 Å². The van der Waals surface area contributed by atoms with Gasteiger partial charge in [0.05, 0.1) is 6.54 Å². The van der Waals surface area contributed by atoms with Crippen molar-refractivity contribution >= 4 is 23.4 Å². The zero-order valence-electron chi connectivity index (χ0n) is 15.5. The molecule has 1 heterocycles. The molecule has 5 nitrogen and oxygen atoms in total. The SMILES string of the molecule is CC[NH+](CC(=O)Nc1ccc(SC(F)F)cc1)C[C@@H]1COc2ccccc2O1. The molecule has 0 radical (unpaired) electrons. The number of anilines is 1. The molecule has 2 atom stereocenters. The van der Waals surface area contributed by atoms with Crippen molar-refractivity contribution in [3.05, 3.63) is 48.5 Å². The van der Waals surface area contributed by atoms with E-state index in [2.05, 4.69) is 5.32 Å². The van der Waals surface area contributed by atoms with Crippen molar-refractivity contribution in [1.29, 1.82) is 0 Å². The third-order valence-electron chi connectivity index (χ3n) is 4.36. The van der Waals surface area contributed by atoms with Crippen LogP contribution in [0.5, 0.6) is 11.5 Å². The second-order valence-electron chi connectivity index (χ2n) is 6.43. The quantitative estimate of drug-likeness (QED) is 0.659. The van der Waals surface area contributed by atoms with Gasteiger partial charge in [0.2, 0.25) is 0 Å². The highest BCUT2D eigenvalue weighted by Gasteiger charge is 2.25. The number of quaternary nitrogens is 1. The van der Waals surface area contributed by atoms with Crippen LogP contribution in [-0.4, -0.2) is 44.0 Å². The molecule has 2 aromatic rings. The molecule has 2 N–H and O–H groups in total. The van der Waals surface area contributed by atoms with E-state index in [1.807, 2.05) is 31.2 Å². The third-order valence-corrected chi connectivity index (χ3v) is 5.08. The number of hydrogen-bond acceptors (Lipinski definition) is 4. The van der Waals surface area contributed by atoms with Gasteiger partial charge in [-0.15, -0.1) is 0 Å². The number of thioether (sulfide) groups is 1. The minimum absolute atomic E-state index is 0.122. The van der Waals surface area contributed by atoms with Crippen LogP contribution in [0.1, 0.15) is 6.92 Å². The van der Waals surface area contributed by atoms with E-state index >= 15 is 0 Å². The number of alkyl halides is 2. The lowest BCUT2D eigenvalue weighted by atomic mass is 10.2. The topological polar surface area (TPSA) is 52.0 Å². The van der Waals surface area contributed by atoms with E-state index in [9.17, 15) is 13.6 Å². The fourth-order valence-electron chi connectivity index (χ4n) is 2.98. The fraction of sp³-hybridized carbons (Fsp3) is 0.350. The molecule has 1 unspecified atom stereocenters. The number of benzene rings is 2. The Kier molecular flexibility index (Phi) is 7.11. The molecule has 1 aliphatic rings. The first-order valence-electron chi connectivity index (χ1n) is 9.10. The van der Waals surface area contributed by atoms with Crippen molar-refractivity contribution in [2.75, 3.05) is 31.6 Å². The van der Waals surface area contributed by atoms with Crippen LogP contribution in [0.4, 0.5) is 14.5 Å². The molecule has 150 valence electrons. The Morgan fingerprint density at radius 1 is 1.21 bits per heavy atom. The van der Waals surface area contributed by atoms with Gasteiger partial charge in [0.25, 0.3) is 11.7 Å². The van der Waals surface area contributed by atoms with Crippen LogP contribution >= 0.6 is 11.8 Å². The summed E-state index contributed by atoms with van der Waals surface area (Å²) in [5.41, 5.74) is 0.588. The summed E-state index contributed by atoms with van der Waals surface area (Å²) >= 11 is 0.479. The Morgan fingerprint density at radius 3 is 2.61 bits per heavy atom. The number of carbonyl (C=O) groups excluding carboxylic acids is 1. The number of ether oxygens (including phenoxy) is 2. The zero-order chi connectivity index (χ0) is 19.9. The Balaban J connectivity index is 1.49. The maximum atomic E-state index is 12.4. The number of halogens is 2. The molecule has 8 heteroatoms. The van der Waals surface area contributed by atoms with Gasteiger partial charge in [-0.1, -0.05) is 23.9 Å². The normalized spacial score (nSPS) is 16.6. The summed E-state index contributed by atoms with van der Waals surface area (Å²) in [6.45, 7) is 4.15. The molecule has 2 aromatic carbocycles. The molecule has 3 rings (SSSR count). The molecular weight excluding hydrogens is 386 g/mol. The van der Waals surface area contributed by atoms with Gasteiger partial charge in [0.1, 0.15) is 13.2 Å². The second-order valence-corrected chi connectivity index (χ2v) is 7.50. The van der Waals surface area contributed by atoms with Crippen molar-refractivity contribution < 1.29 is 27.9 Å². The van der Waals surface area contributed by atoms with Crippen molar-refractivity contribution in [1.82, 2.24) is 0 Å². The number of nitrogens with one attached hydrogen (secondary N) is 2. The van der Waals surface area contributed by atoms with Gasteiger partial charge in [-0.25, -0.2) is 0 Å². The molecule has 0 aliphatic carbocycles. The average Bonchev–Trinajstić information content (AvgIpc) is 2.68. The first-order chi connectivity index (χ1) is 13.5. The lowest BCUT2D eigenvalue weighted by molar-refractivity contribution is -0.892. The number of amides is 1. The maximum Gasteiger partial charge on any atom is 0.288 e. The first kappa shape index (κ1) is 20.4. The first-order valence-corrected chi connectivity index (χ1v) is 9.98. The van der Waals surface area contributed by atoms with E-state index in [0.29, 0.717) is 35.5 Å². The van der Waals surface area contributed by atoms with Crippen molar-refractivity contribution in [3.8, 4) is 11.5 Å². The van der Waals surface area contributed by atoms with Gasteiger partial charge in [0, 0.05) is 10.6 Å². The molecule has 0 saturated heterocycles. The maximum absolute atomic E-state index is 12.4. The van der Waals surface area contributed by atoms with Crippen molar-refractivity contribution in [3.63, 3.8) is 0 Å². The number of likely N-dealkylation sites (N-methyl/N-ethyl adjacent to an activating group) is 1. The van der Waals surface area contributed by atoms with Gasteiger partial charge in [-0.2, -0.15) is 8.78 Å². The minimum atomic E-state index is -2.46. The molecule has 0 aromatic heterocycles. The summed E-state index contributed by atoms with van der Waals surface area (Å²) in [5, 5.41) is 2.81. The second kappa shape index (κ2) is 9.75. The Hall–Kier alpha value is -2.32. The van der Waals surface area contributed by atoms with Gasteiger partial charge >= 0.3 is 0 Å². The lowest BCUT2D eigenvalue weighted by Crippen LogP contribution is -3.14. The number of fused-ring (bicyclic) bond motifs is 1. The predicted molar refractivity (Wildman–Crippen MR) is 105 cm³/mol. The molecule has 0 saturated carbocycles. The molecule has 0 bridgehead atoms. The summed E-state index contributed by atoms with van der Waals surface area (Å²) < 4.78 is 36.4. The Labute approximate surface area is 167 Å². The highest BCUT2D eigenvalue weighted by Crippen LogP contribution is 2.30. The van der Waals surface area contributed by atoms with Crippen LogP contribution < -0.4 is 19.7 Å². The fourth-order valence-corrected chi connectivity index (χ4v) is 3.48. The molecule has 1 aliphatic heterocycles. The molecule has 28 heavy (non-hydrogen) atoms. The molecule has 0 spiro atoms. The van der Waals surface area contributed by atoms with Crippen LogP contribution in [0.3, 0.4) is 0 Å². The number of rotatable bonds is 8. The standard InChI is InChI=1S/C20H22F2N2O3S/c1-2-24(11-15-13-26-17-5-3-4-6-18(17)27-15)12-19(25)23-14-7-9-16(10-8-14)28-20(21)22/h3-10,15,20H,2,11-13H2,1H3,(H,23,25)/p+1/t15-/m1/s1. The summed E-state index contributed by atoms with van der Waals surface area (Å²) in [6.07, 6.45) is -0.122. The Bertz CT molecular complexity index is 789. The van der Waals surface area contributed by atoms with Crippen LogP contribution in [0.15, 0.2) is 53.4 Å². The number of para-hydroxylation sites is 2. The number of carbonyl (C=O) groups is 1. The molecule has 0 fully saturated rings. The third kappa shape index (κ3) is 5.84. The molecular formula is C20H23F2N2O3S+.